The van der Waals surface area contributed by atoms with Crippen molar-refractivity contribution in [1.82, 2.24) is 20.0 Å². The maximum absolute atomic E-state index is 14.3. The Morgan fingerprint density at radius 1 is 0.907 bits per heavy atom. The Morgan fingerprint density at radius 3 is 2.26 bits per heavy atom. The van der Waals surface area contributed by atoms with E-state index in [1.54, 1.807) is 4.90 Å². The summed E-state index contributed by atoms with van der Waals surface area (Å²) in [7, 11) is 0. The number of piperidine rings is 1. The van der Waals surface area contributed by atoms with Crippen LogP contribution in [0.25, 0.3) is 0 Å². The number of amides is 4. The monoisotopic (exact) mass is 592 g/mol. The van der Waals surface area contributed by atoms with E-state index in [0.717, 1.165) is 50.2 Å². The summed E-state index contributed by atoms with van der Waals surface area (Å²) in [4.78, 5) is 32.7. The largest absolute Gasteiger partial charge is 0.338 e. The Bertz CT molecular complexity index is 1410. The molecule has 3 aromatic rings. The standard InChI is InChI=1S/C34H39F3N4O2/c1-34(2)23-40(22-24-7-4-3-5-8-24)33(43)41(31(34)27-11-14-29(36)30(37)21-27)32(42)38-17-6-18-39-19-15-26(16-20-39)25-9-12-28(35)13-10-25/h3-5,7-14,21,26,31H,6,15-20,22-23H2,1-2H3,(H,38,42)/t31-/m0/s1. The zero-order valence-corrected chi connectivity index (χ0v) is 24.7. The van der Waals surface area contributed by atoms with Gasteiger partial charge in [0.25, 0.3) is 0 Å². The summed E-state index contributed by atoms with van der Waals surface area (Å²) in [6.45, 7) is 7.52. The van der Waals surface area contributed by atoms with Crippen LogP contribution in [0, 0.1) is 22.9 Å². The number of nitrogens with one attached hydrogen (secondary N) is 1. The van der Waals surface area contributed by atoms with Gasteiger partial charge in [-0.25, -0.2) is 27.7 Å². The van der Waals surface area contributed by atoms with Crippen LogP contribution in [0.4, 0.5) is 22.8 Å². The molecule has 0 bridgehead atoms. The van der Waals surface area contributed by atoms with Crippen LogP contribution in [0.15, 0.2) is 72.8 Å². The topological polar surface area (TPSA) is 55.9 Å². The number of halogens is 3. The van der Waals surface area contributed by atoms with E-state index in [4.69, 9.17) is 0 Å². The van der Waals surface area contributed by atoms with Gasteiger partial charge in [-0.3, -0.25) is 0 Å². The van der Waals surface area contributed by atoms with Crippen molar-refractivity contribution in [1.29, 1.82) is 0 Å². The number of rotatable bonds is 8. The number of hydrogen-bond donors (Lipinski definition) is 1. The first-order chi connectivity index (χ1) is 20.6. The Hall–Kier alpha value is -3.85. The lowest BCUT2D eigenvalue weighted by Gasteiger charge is -2.49. The predicted molar refractivity (Wildman–Crippen MR) is 160 cm³/mol. The smallest absolute Gasteiger partial charge is 0.329 e. The first kappa shape index (κ1) is 30.6. The third-order valence-electron chi connectivity index (χ3n) is 8.62. The van der Waals surface area contributed by atoms with Gasteiger partial charge >= 0.3 is 12.1 Å². The van der Waals surface area contributed by atoms with E-state index in [1.165, 1.54) is 28.7 Å². The highest BCUT2D eigenvalue weighted by atomic mass is 19.2. The Kier molecular flexibility index (Phi) is 9.40. The lowest BCUT2D eigenvalue weighted by atomic mass is 9.77. The normalized spacial score (nSPS) is 19.5. The van der Waals surface area contributed by atoms with Crippen LogP contribution >= 0.6 is 0 Å². The average Bonchev–Trinajstić information content (AvgIpc) is 2.99. The summed E-state index contributed by atoms with van der Waals surface area (Å²) in [6.07, 6.45) is 2.67. The molecule has 3 aromatic carbocycles. The number of benzene rings is 3. The van der Waals surface area contributed by atoms with E-state index >= 15 is 0 Å². The van der Waals surface area contributed by atoms with E-state index in [-0.39, 0.29) is 5.82 Å². The SMILES string of the molecule is CC1(C)CN(Cc2ccccc2)C(=O)N(C(=O)NCCCN2CCC(c3ccc(F)cc3)CC2)[C@H]1c1ccc(F)c(F)c1. The Morgan fingerprint density at radius 2 is 1.58 bits per heavy atom. The van der Waals surface area contributed by atoms with E-state index in [0.29, 0.717) is 37.5 Å². The van der Waals surface area contributed by atoms with Gasteiger partial charge in [0.2, 0.25) is 0 Å². The molecule has 43 heavy (non-hydrogen) atoms. The Labute approximate surface area is 251 Å². The minimum atomic E-state index is -1.02. The molecule has 0 aromatic heterocycles. The molecule has 0 radical (unpaired) electrons. The summed E-state index contributed by atoms with van der Waals surface area (Å²) in [5.74, 6) is -1.81. The molecule has 4 amide bonds. The van der Waals surface area contributed by atoms with Gasteiger partial charge in [0.05, 0.1) is 6.04 Å². The molecule has 2 aliphatic heterocycles. The fourth-order valence-corrected chi connectivity index (χ4v) is 6.48. The van der Waals surface area contributed by atoms with Crippen LogP contribution in [0.5, 0.6) is 0 Å². The highest BCUT2D eigenvalue weighted by molar-refractivity contribution is 5.95. The number of hydrogen-bond acceptors (Lipinski definition) is 3. The third kappa shape index (κ3) is 7.21. The van der Waals surface area contributed by atoms with Crippen molar-refractivity contribution in [3.8, 4) is 0 Å². The second-order valence-corrected chi connectivity index (χ2v) is 12.3. The molecule has 1 atom stereocenters. The number of carbonyl (C=O) groups is 2. The third-order valence-corrected chi connectivity index (χ3v) is 8.62. The van der Waals surface area contributed by atoms with Gasteiger partial charge in [0, 0.05) is 25.0 Å². The number of urea groups is 2. The lowest BCUT2D eigenvalue weighted by Crippen LogP contribution is -2.61. The van der Waals surface area contributed by atoms with Crippen molar-refractivity contribution in [3.63, 3.8) is 0 Å². The van der Waals surface area contributed by atoms with Crippen LogP contribution in [-0.2, 0) is 6.54 Å². The quantitative estimate of drug-likeness (QED) is 0.284. The maximum Gasteiger partial charge on any atom is 0.329 e. The van der Waals surface area contributed by atoms with E-state index < -0.39 is 35.2 Å². The molecule has 1 N–H and O–H groups in total. The zero-order chi connectivity index (χ0) is 30.6. The fourth-order valence-electron chi connectivity index (χ4n) is 6.48. The molecular weight excluding hydrogens is 553 g/mol. The molecule has 0 unspecified atom stereocenters. The fraction of sp³-hybridized carbons (Fsp3) is 0.412. The highest BCUT2D eigenvalue weighted by Crippen LogP contribution is 2.44. The number of imide groups is 1. The minimum Gasteiger partial charge on any atom is -0.338 e. The lowest BCUT2D eigenvalue weighted by molar-refractivity contribution is 0.0341. The van der Waals surface area contributed by atoms with Crippen molar-refractivity contribution in [2.45, 2.75) is 51.6 Å². The zero-order valence-electron chi connectivity index (χ0n) is 24.7. The molecule has 5 rings (SSSR count). The second kappa shape index (κ2) is 13.2. The van der Waals surface area contributed by atoms with E-state index in [2.05, 4.69) is 10.2 Å². The van der Waals surface area contributed by atoms with Gasteiger partial charge in [0.1, 0.15) is 5.82 Å². The molecule has 0 spiro atoms. The van der Waals surface area contributed by atoms with Crippen molar-refractivity contribution < 1.29 is 22.8 Å². The molecule has 6 nitrogen and oxygen atoms in total. The second-order valence-electron chi connectivity index (χ2n) is 12.3. The van der Waals surface area contributed by atoms with Crippen molar-refractivity contribution in [2.24, 2.45) is 5.41 Å². The van der Waals surface area contributed by atoms with Gasteiger partial charge < -0.3 is 15.1 Å². The summed E-state index contributed by atoms with van der Waals surface area (Å²) >= 11 is 0. The number of nitrogens with zero attached hydrogens (tertiary/aromatic N) is 3. The molecule has 9 heteroatoms. The Balaban J connectivity index is 1.23. The highest BCUT2D eigenvalue weighted by Gasteiger charge is 2.48. The van der Waals surface area contributed by atoms with Crippen LogP contribution in [-0.4, -0.2) is 59.5 Å². The molecular formula is C34H39F3N4O2. The van der Waals surface area contributed by atoms with Crippen LogP contribution in [0.1, 0.15) is 61.8 Å². The molecule has 2 fully saturated rings. The van der Waals surface area contributed by atoms with E-state index in [1.807, 2.05) is 56.3 Å². The molecule has 2 heterocycles. The number of carbonyl (C=O) groups excluding carboxylic acids is 2. The van der Waals surface area contributed by atoms with Gasteiger partial charge in [-0.15, -0.1) is 0 Å². The minimum absolute atomic E-state index is 0.224. The predicted octanol–water partition coefficient (Wildman–Crippen LogP) is 7.09. The van der Waals surface area contributed by atoms with Crippen LogP contribution in [0.2, 0.25) is 0 Å². The first-order valence-corrected chi connectivity index (χ1v) is 14.9. The van der Waals surface area contributed by atoms with Crippen molar-refractivity contribution in [3.05, 3.63) is 107 Å². The van der Waals surface area contributed by atoms with Crippen molar-refractivity contribution >= 4 is 12.1 Å². The van der Waals surface area contributed by atoms with Gasteiger partial charge in [-0.05, 0) is 85.8 Å². The first-order valence-electron chi connectivity index (χ1n) is 14.9. The van der Waals surface area contributed by atoms with Gasteiger partial charge in [-0.1, -0.05) is 62.4 Å². The van der Waals surface area contributed by atoms with Gasteiger partial charge in [0.15, 0.2) is 11.6 Å². The molecule has 2 saturated heterocycles. The van der Waals surface area contributed by atoms with Gasteiger partial charge in [-0.2, -0.15) is 0 Å². The molecule has 228 valence electrons. The van der Waals surface area contributed by atoms with E-state index in [9.17, 15) is 22.8 Å². The summed E-state index contributed by atoms with van der Waals surface area (Å²) in [5, 5.41) is 2.92. The molecule has 0 aliphatic carbocycles. The molecule has 0 saturated carbocycles. The van der Waals surface area contributed by atoms with Crippen molar-refractivity contribution in [2.75, 3.05) is 32.7 Å². The summed E-state index contributed by atoms with van der Waals surface area (Å²) in [5.41, 5.74) is 1.82. The summed E-state index contributed by atoms with van der Waals surface area (Å²) < 4.78 is 41.4. The number of likely N-dealkylation sites (tertiary alicyclic amines) is 1. The van der Waals surface area contributed by atoms with Crippen LogP contribution < -0.4 is 5.32 Å². The average molecular weight is 593 g/mol. The summed E-state index contributed by atoms with van der Waals surface area (Å²) in [6, 6.07) is 18.0. The molecule has 2 aliphatic rings. The maximum atomic E-state index is 14.3. The van der Waals surface area contributed by atoms with Crippen LogP contribution in [0.3, 0.4) is 0 Å².